The van der Waals surface area contributed by atoms with Gasteiger partial charge in [-0.1, -0.05) is 25.6 Å². The Labute approximate surface area is 149 Å². The second-order valence-electron chi connectivity index (χ2n) is 5.77. The summed E-state index contributed by atoms with van der Waals surface area (Å²) in [7, 11) is 0. The van der Waals surface area contributed by atoms with Gasteiger partial charge in [-0.3, -0.25) is 4.79 Å². The van der Waals surface area contributed by atoms with Gasteiger partial charge in [0.25, 0.3) is 0 Å². The zero-order valence-electron chi connectivity index (χ0n) is 14.0. The third kappa shape index (κ3) is 6.09. The number of rotatable bonds is 8. The molecule has 0 saturated heterocycles. The predicted molar refractivity (Wildman–Crippen MR) is 95.6 cm³/mol. The second kappa shape index (κ2) is 8.98. The third-order valence-corrected chi connectivity index (χ3v) is 5.83. The zero-order chi connectivity index (χ0) is 17.5. The molecule has 2 heterocycles. The quantitative estimate of drug-likeness (QED) is 0.570. The molecule has 2 rings (SSSR count). The molecule has 0 aromatic carbocycles. The molecule has 0 bridgehead atoms. The van der Waals surface area contributed by atoms with E-state index >= 15 is 0 Å². The lowest BCUT2D eigenvalue weighted by Crippen LogP contribution is -2.13. The highest BCUT2D eigenvalue weighted by molar-refractivity contribution is 8.01. The second-order valence-corrected chi connectivity index (χ2v) is 8.12. The first-order valence-corrected chi connectivity index (χ1v) is 9.52. The number of nitrogens with one attached hydrogen (secondary N) is 1. The first-order valence-electron chi connectivity index (χ1n) is 7.72. The highest BCUT2D eigenvalue weighted by atomic mass is 32.2. The molecule has 130 valence electrons. The van der Waals surface area contributed by atoms with E-state index in [1.165, 1.54) is 6.20 Å². The van der Waals surface area contributed by atoms with E-state index in [0.717, 1.165) is 26.2 Å². The van der Waals surface area contributed by atoms with Crippen molar-refractivity contribution in [2.45, 2.75) is 38.0 Å². The van der Waals surface area contributed by atoms with Crippen LogP contribution in [0.25, 0.3) is 0 Å². The summed E-state index contributed by atoms with van der Waals surface area (Å²) in [5.41, 5.74) is 1.33. The molecule has 0 spiro atoms. The van der Waals surface area contributed by atoms with Crippen molar-refractivity contribution < 1.29 is 9.53 Å². The van der Waals surface area contributed by atoms with Crippen LogP contribution < -0.4 is 5.69 Å². The van der Waals surface area contributed by atoms with Gasteiger partial charge in [0.1, 0.15) is 4.34 Å². The van der Waals surface area contributed by atoms with E-state index in [9.17, 15) is 9.59 Å². The smallest absolute Gasteiger partial charge is 0.344 e. The van der Waals surface area contributed by atoms with Crippen LogP contribution in [-0.2, 0) is 22.4 Å². The van der Waals surface area contributed by atoms with Crippen molar-refractivity contribution in [2.75, 3.05) is 12.4 Å². The van der Waals surface area contributed by atoms with Crippen LogP contribution in [-0.4, -0.2) is 33.3 Å². The van der Waals surface area contributed by atoms with Crippen molar-refractivity contribution in [1.29, 1.82) is 0 Å². The molecule has 2 aromatic heterocycles. The number of hydrogen-bond acceptors (Lipinski definition) is 7. The van der Waals surface area contributed by atoms with E-state index in [4.69, 9.17) is 4.74 Å². The predicted octanol–water partition coefficient (Wildman–Crippen LogP) is 2.61. The van der Waals surface area contributed by atoms with Crippen LogP contribution in [0.1, 0.15) is 30.0 Å². The van der Waals surface area contributed by atoms with Crippen molar-refractivity contribution >= 4 is 29.1 Å². The van der Waals surface area contributed by atoms with Gasteiger partial charge in [0.2, 0.25) is 0 Å². The van der Waals surface area contributed by atoms with E-state index in [-0.39, 0.29) is 24.7 Å². The molecule has 0 unspecified atom stereocenters. The molecule has 0 saturated carbocycles. The number of thiazole rings is 1. The summed E-state index contributed by atoms with van der Waals surface area (Å²) in [5, 5.41) is 0. The van der Waals surface area contributed by atoms with Crippen LogP contribution in [0.4, 0.5) is 0 Å². The van der Waals surface area contributed by atoms with Crippen LogP contribution in [0.2, 0.25) is 0 Å². The lowest BCUT2D eigenvalue weighted by molar-refractivity contribution is -0.142. The maximum Gasteiger partial charge on any atom is 0.344 e. The number of esters is 1. The van der Waals surface area contributed by atoms with Crippen molar-refractivity contribution in [1.82, 2.24) is 15.0 Å². The first kappa shape index (κ1) is 18.7. The molecule has 0 amide bonds. The van der Waals surface area contributed by atoms with Gasteiger partial charge in [-0.25, -0.2) is 14.8 Å². The molecule has 8 heteroatoms. The molecule has 6 nitrogen and oxygen atoms in total. The number of aromatic nitrogens is 3. The lowest BCUT2D eigenvalue weighted by Gasteiger charge is -2.04. The zero-order valence-corrected chi connectivity index (χ0v) is 15.6. The van der Waals surface area contributed by atoms with Crippen LogP contribution in [0.15, 0.2) is 21.5 Å². The van der Waals surface area contributed by atoms with Crippen LogP contribution in [0.5, 0.6) is 0 Å². The fourth-order valence-corrected chi connectivity index (χ4v) is 4.03. The molecule has 1 N–H and O–H groups in total. The number of aromatic amines is 1. The summed E-state index contributed by atoms with van der Waals surface area (Å²) in [6.07, 6.45) is 3.83. The third-order valence-electron chi connectivity index (χ3n) is 3.10. The number of aryl methyl sites for hydroxylation is 1. The Bertz CT molecular complexity index is 720. The Kier molecular flexibility index (Phi) is 6.99. The van der Waals surface area contributed by atoms with Gasteiger partial charge in [0.15, 0.2) is 0 Å². The molecule has 0 atom stereocenters. The molecule has 0 aliphatic rings. The van der Waals surface area contributed by atoms with Crippen LogP contribution in [0, 0.1) is 12.8 Å². The standard InChI is InChI=1S/C16H21N3O3S2/c1-10(2)9-23-16-19-11(3)13(24-16)6-14(20)22-5-4-12-7-17-15(21)18-8-12/h7-8,10H,4-6,9H2,1-3H3,(H,17,18,21). The number of carbonyl (C=O) groups excluding carboxylic acids is 1. The van der Waals surface area contributed by atoms with E-state index in [2.05, 4.69) is 28.8 Å². The maximum absolute atomic E-state index is 12.0. The van der Waals surface area contributed by atoms with E-state index in [1.54, 1.807) is 29.3 Å². The summed E-state index contributed by atoms with van der Waals surface area (Å²) in [6, 6.07) is 0. The minimum absolute atomic E-state index is 0.246. The molecule has 2 aromatic rings. The van der Waals surface area contributed by atoms with Gasteiger partial charge in [-0.05, 0) is 18.4 Å². The molecule has 0 fully saturated rings. The fraction of sp³-hybridized carbons (Fsp3) is 0.500. The number of ether oxygens (including phenoxy) is 1. The van der Waals surface area contributed by atoms with Crippen molar-refractivity contribution in [3.05, 3.63) is 39.0 Å². The summed E-state index contributed by atoms with van der Waals surface area (Å²) >= 11 is 3.29. The van der Waals surface area contributed by atoms with Gasteiger partial charge >= 0.3 is 11.7 Å². The molecular formula is C16H21N3O3S2. The minimum Gasteiger partial charge on any atom is -0.465 e. The average Bonchev–Trinajstić information content (AvgIpc) is 2.87. The Morgan fingerprint density at radius 1 is 1.46 bits per heavy atom. The van der Waals surface area contributed by atoms with E-state index in [1.807, 2.05) is 6.92 Å². The molecule has 0 radical (unpaired) electrons. The Morgan fingerprint density at radius 3 is 2.92 bits per heavy atom. The van der Waals surface area contributed by atoms with Gasteiger partial charge in [-0.15, -0.1) is 11.3 Å². The van der Waals surface area contributed by atoms with Gasteiger partial charge in [0, 0.05) is 29.4 Å². The maximum atomic E-state index is 12.0. The SMILES string of the molecule is Cc1nc(SCC(C)C)sc1CC(=O)OCCc1cnc(=O)[nH]c1. The highest BCUT2D eigenvalue weighted by Gasteiger charge is 2.13. The topological polar surface area (TPSA) is 84.9 Å². The molecule has 24 heavy (non-hydrogen) atoms. The highest BCUT2D eigenvalue weighted by Crippen LogP contribution is 2.28. The summed E-state index contributed by atoms with van der Waals surface area (Å²) < 4.78 is 6.26. The Morgan fingerprint density at radius 2 is 2.25 bits per heavy atom. The monoisotopic (exact) mass is 367 g/mol. The van der Waals surface area contributed by atoms with E-state index in [0.29, 0.717) is 12.3 Å². The number of thioether (sulfide) groups is 1. The first-order chi connectivity index (χ1) is 11.4. The van der Waals surface area contributed by atoms with Crippen molar-refractivity contribution in [3.63, 3.8) is 0 Å². The largest absolute Gasteiger partial charge is 0.465 e. The van der Waals surface area contributed by atoms with Gasteiger partial charge in [-0.2, -0.15) is 0 Å². The number of carbonyl (C=O) groups is 1. The molecule has 0 aliphatic heterocycles. The average molecular weight is 367 g/mol. The summed E-state index contributed by atoms with van der Waals surface area (Å²) in [4.78, 5) is 34.4. The fourth-order valence-electron chi connectivity index (χ4n) is 1.84. The van der Waals surface area contributed by atoms with Gasteiger partial charge < -0.3 is 9.72 Å². The van der Waals surface area contributed by atoms with Crippen molar-refractivity contribution in [2.24, 2.45) is 5.92 Å². The number of nitrogens with zero attached hydrogens (tertiary/aromatic N) is 2. The number of hydrogen-bond donors (Lipinski definition) is 1. The van der Waals surface area contributed by atoms with Gasteiger partial charge in [0.05, 0.1) is 18.7 Å². The Hall–Kier alpha value is -1.67. The normalized spacial score (nSPS) is 11.0. The molecular weight excluding hydrogens is 346 g/mol. The van der Waals surface area contributed by atoms with Crippen molar-refractivity contribution in [3.8, 4) is 0 Å². The molecule has 0 aliphatic carbocycles. The lowest BCUT2D eigenvalue weighted by atomic mass is 10.2. The van der Waals surface area contributed by atoms with E-state index < -0.39 is 0 Å². The van der Waals surface area contributed by atoms with Crippen LogP contribution >= 0.6 is 23.1 Å². The number of H-pyrrole nitrogens is 1. The summed E-state index contributed by atoms with van der Waals surface area (Å²) in [6.45, 7) is 6.52. The minimum atomic E-state index is -0.387. The Balaban J connectivity index is 1.79. The van der Waals surface area contributed by atoms with Crippen LogP contribution in [0.3, 0.4) is 0 Å². The summed E-state index contributed by atoms with van der Waals surface area (Å²) in [5.74, 6) is 1.36.